The molecule has 2 heteroatoms. The number of aromatic nitrogens is 1. The molecule has 1 heterocycles. The van der Waals surface area contributed by atoms with Gasteiger partial charge < -0.3 is 5.11 Å². The molecule has 0 aliphatic heterocycles. The van der Waals surface area contributed by atoms with Gasteiger partial charge >= 0.3 is 0 Å². The molecule has 0 saturated carbocycles. The summed E-state index contributed by atoms with van der Waals surface area (Å²) in [6.07, 6.45) is 11.6. The Morgan fingerprint density at radius 1 is 1.07 bits per heavy atom. The Balaban J connectivity index is 1.70. The third-order valence-corrected chi connectivity index (χ3v) is 4.67. The summed E-state index contributed by atoms with van der Waals surface area (Å²) in [7, 11) is 0. The van der Waals surface area contributed by atoms with E-state index in [0.717, 1.165) is 42.5 Å². The summed E-state index contributed by atoms with van der Waals surface area (Å²) in [6, 6.07) is 17.2. The van der Waals surface area contributed by atoms with Gasteiger partial charge in [-0.3, -0.25) is 4.98 Å². The summed E-state index contributed by atoms with van der Waals surface area (Å²) < 4.78 is 0. The third kappa shape index (κ3) is 5.38. The first kappa shape index (κ1) is 19.1. The van der Waals surface area contributed by atoms with Crippen molar-refractivity contribution in [2.75, 3.05) is 0 Å². The lowest BCUT2D eigenvalue weighted by atomic mass is 10.0. The Labute approximate surface area is 161 Å². The minimum Gasteiger partial charge on any atom is -0.393 e. The molecule has 27 heavy (non-hydrogen) atoms. The van der Waals surface area contributed by atoms with E-state index >= 15 is 0 Å². The van der Waals surface area contributed by atoms with Gasteiger partial charge in [0.1, 0.15) is 0 Å². The van der Waals surface area contributed by atoms with Gasteiger partial charge in [0.2, 0.25) is 0 Å². The maximum atomic E-state index is 9.27. The maximum absolute atomic E-state index is 9.27. The molecule has 0 aliphatic rings. The average Bonchev–Trinajstić information content (AvgIpc) is 2.68. The van der Waals surface area contributed by atoms with Gasteiger partial charge in [-0.2, -0.15) is 0 Å². The molecule has 3 rings (SSSR count). The van der Waals surface area contributed by atoms with Crippen molar-refractivity contribution < 1.29 is 5.11 Å². The highest BCUT2D eigenvalue weighted by Gasteiger charge is 2.02. The van der Waals surface area contributed by atoms with Crippen molar-refractivity contribution in [2.45, 2.75) is 38.7 Å². The van der Waals surface area contributed by atoms with Crippen LogP contribution in [0.15, 0.2) is 73.5 Å². The van der Waals surface area contributed by atoms with Gasteiger partial charge in [-0.15, -0.1) is 6.58 Å². The largest absolute Gasteiger partial charge is 0.393 e. The normalized spacial score (nSPS) is 12.5. The van der Waals surface area contributed by atoms with Crippen LogP contribution < -0.4 is 0 Å². The fraction of sp³-hybridized carbons (Fsp3) is 0.240. The molecule has 0 bridgehead atoms. The van der Waals surface area contributed by atoms with E-state index in [9.17, 15) is 5.11 Å². The second-order valence-electron chi connectivity index (χ2n) is 7.05. The molecule has 0 amide bonds. The lowest BCUT2D eigenvalue weighted by molar-refractivity contribution is 0.182. The maximum Gasteiger partial charge on any atom is 0.0702 e. The number of unbranched alkanes of at least 4 members (excludes halogenated alkanes) is 1. The van der Waals surface area contributed by atoms with E-state index in [-0.39, 0.29) is 6.10 Å². The van der Waals surface area contributed by atoms with Crippen LogP contribution in [0.25, 0.3) is 28.1 Å². The smallest absolute Gasteiger partial charge is 0.0702 e. The number of allylic oxidation sites excluding steroid dienone is 2. The molecule has 1 atom stereocenters. The highest BCUT2D eigenvalue weighted by molar-refractivity contribution is 5.87. The first-order chi connectivity index (χ1) is 13.2. The van der Waals surface area contributed by atoms with Crippen molar-refractivity contribution >= 4 is 16.8 Å². The van der Waals surface area contributed by atoms with Crippen LogP contribution in [0.2, 0.25) is 0 Å². The number of aliphatic hydroxyl groups is 1. The number of fused-ring (bicyclic) bond motifs is 1. The Morgan fingerprint density at radius 3 is 2.63 bits per heavy atom. The van der Waals surface area contributed by atoms with E-state index in [0.29, 0.717) is 0 Å². The summed E-state index contributed by atoms with van der Waals surface area (Å²) >= 11 is 0. The molecule has 0 radical (unpaired) electrons. The predicted molar refractivity (Wildman–Crippen MR) is 116 cm³/mol. The quantitative estimate of drug-likeness (QED) is 0.385. The zero-order valence-electron chi connectivity index (χ0n) is 15.9. The van der Waals surface area contributed by atoms with Crippen LogP contribution in [-0.2, 0) is 6.42 Å². The zero-order valence-corrected chi connectivity index (χ0v) is 15.9. The lowest BCUT2D eigenvalue weighted by Gasteiger charge is -2.06. The van der Waals surface area contributed by atoms with Crippen LogP contribution in [0, 0.1) is 0 Å². The molecule has 1 N–H and O–H groups in total. The van der Waals surface area contributed by atoms with Crippen molar-refractivity contribution in [1.29, 1.82) is 0 Å². The van der Waals surface area contributed by atoms with Gasteiger partial charge in [0, 0.05) is 11.8 Å². The molecule has 0 spiro atoms. The summed E-state index contributed by atoms with van der Waals surface area (Å²) in [5, 5.41) is 11.7. The number of rotatable bonds is 8. The molecule has 2 aromatic carbocycles. The summed E-state index contributed by atoms with van der Waals surface area (Å²) in [4.78, 5) is 4.63. The molecule has 0 aliphatic carbocycles. The molecule has 2 nitrogen and oxygen atoms in total. The Hall–Kier alpha value is -2.71. The van der Waals surface area contributed by atoms with Gasteiger partial charge in [-0.1, -0.05) is 54.6 Å². The Bertz CT molecular complexity index is 923. The highest BCUT2D eigenvalue weighted by atomic mass is 16.3. The van der Waals surface area contributed by atoms with E-state index in [1.807, 2.05) is 19.2 Å². The molecular formula is C25H27NO. The van der Waals surface area contributed by atoms with Crippen LogP contribution in [0.3, 0.4) is 0 Å². The van der Waals surface area contributed by atoms with Crippen molar-refractivity contribution in [3.05, 3.63) is 84.6 Å². The number of aliphatic hydroxyl groups excluding tert-OH is 1. The molecule has 0 fully saturated rings. The van der Waals surface area contributed by atoms with E-state index in [1.54, 1.807) is 0 Å². The minimum absolute atomic E-state index is 0.213. The van der Waals surface area contributed by atoms with Gasteiger partial charge in [0.05, 0.1) is 11.8 Å². The number of benzene rings is 2. The van der Waals surface area contributed by atoms with Crippen LogP contribution in [-0.4, -0.2) is 16.2 Å². The molecule has 138 valence electrons. The van der Waals surface area contributed by atoms with Crippen molar-refractivity contribution in [2.24, 2.45) is 0 Å². The standard InChI is InChI=1S/C25H27NO/c1-3-7-20-10-12-23-17-24(14-13-22(23)16-20)25-15-11-21(18-26-25)9-6-4-5-8-19(2)27/h3,6,9-19,27H,1,4-5,7-8H2,2H3/b9-6+. The third-order valence-electron chi connectivity index (χ3n) is 4.67. The second kappa shape index (κ2) is 9.29. The van der Waals surface area contributed by atoms with Crippen LogP contribution >= 0.6 is 0 Å². The Morgan fingerprint density at radius 2 is 1.89 bits per heavy atom. The van der Waals surface area contributed by atoms with Gasteiger partial charge in [0.25, 0.3) is 0 Å². The lowest BCUT2D eigenvalue weighted by Crippen LogP contribution is -1.97. The first-order valence-electron chi connectivity index (χ1n) is 9.60. The van der Waals surface area contributed by atoms with Gasteiger partial charge in [0.15, 0.2) is 0 Å². The number of hydrogen-bond acceptors (Lipinski definition) is 2. The first-order valence-corrected chi connectivity index (χ1v) is 9.60. The molecule has 3 aromatic rings. The topological polar surface area (TPSA) is 33.1 Å². The van der Waals surface area contributed by atoms with Crippen LogP contribution in [0.4, 0.5) is 0 Å². The summed E-state index contributed by atoms with van der Waals surface area (Å²) in [5.41, 5.74) is 4.50. The fourth-order valence-corrected chi connectivity index (χ4v) is 3.17. The second-order valence-corrected chi connectivity index (χ2v) is 7.05. The van der Waals surface area contributed by atoms with Gasteiger partial charge in [-0.25, -0.2) is 0 Å². The number of pyridine rings is 1. The highest BCUT2D eigenvalue weighted by Crippen LogP contribution is 2.24. The van der Waals surface area contributed by atoms with Crippen molar-refractivity contribution in [3.63, 3.8) is 0 Å². The molecule has 1 unspecified atom stereocenters. The van der Waals surface area contributed by atoms with Crippen LogP contribution in [0.1, 0.15) is 37.3 Å². The molecule has 0 saturated heterocycles. The predicted octanol–water partition coefficient (Wildman–Crippen LogP) is 6.19. The monoisotopic (exact) mass is 357 g/mol. The number of hydrogen-bond donors (Lipinski definition) is 1. The molecule has 1 aromatic heterocycles. The van der Waals surface area contributed by atoms with Crippen LogP contribution in [0.5, 0.6) is 0 Å². The van der Waals surface area contributed by atoms with Crippen molar-refractivity contribution in [1.82, 2.24) is 4.98 Å². The van der Waals surface area contributed by atoms with Crippen molar-refractivity contribution in [3.8, 4) is 11.3 Å². The average molecular weight is 357 g/mol. The minimum atomic E-state index is -0.213. The van der Waals surface area contributed by atoms with E-state index < -0.39 is 0 Å². The summed E-state index contributed by atoms with van der Waals surface area (Å²) in [6.45, 7) is 5.64. The summed E-state index contributed by atoms with van der Waals surface area (Å²) in [5.74, 6) is 0. The van der Waals surface area contributed by atoms with E-state index in [4.69, 9.17) is 0 Å². The zero-order chi connectivity index (χ0) is 19.1. The molecular weight excluding hydrogens is 330 g/mol. The van der Waals surface area contributed by atoms with E-state index in [1.165, 1.54) is 16.3 Å². The Kier molecular flexibility index (Phi) is 6.56. The van der Waals surface area contributed by atoms with Gasteiger partial charge in [-0.05, 0) is 66.6 Å². The van der Waals surface area contributed by atoms with E-state index in [2.05, 4.69) is 72.2 Å². The fourth-order valence-electron chi connectivity index (χ4n) is 3.17. The number of nitrogens with zero attached hydrogens (tertiary/aromatic N) is 1. The SMILES string of the molecule is C=CCc1ccc2cc(-c3ccc(/C=C/CCCC(C)O)cn3)ccc2c1.